The lowest BCUT2D eigenvalue weighted by Crippen LogP contribution is -2.55. The molecule has 1 saturated heterocycles. The highest BCUT2D eigenvalue weighted by atomic mass is 16.5. The van der Waals surface area contributed by atoms with E-state index in [2.05, 4.69) is 5.32 Å². The number of nitrogens with zero attached hydrogens (tertiary/aromatic N) is 2. The fraction of sp³-hybridized carbons (Fsp3) is 0.423. The van der Waals surface area contributed by atoms with E-state index in [9.17, 15) is 14.4 Å². The zero-order chi connectivity index (χ0) is 23.8. The van der Waals surface area contributed by atoms with Crippen molar-refractivity contribution in [1.82, 2.24) is 4.90 Å². The molecule has 1 N–H and O–H groups in total. The SMILES string of the molecule is Cc1cccc(C)c1NC(=O)c1ccc2c(c1)N(CC(=O)N1CCCCC1)C(=O)C(C)(C)O2. The number of piperidine rings is 1. The molecule has 1 fully saturated rings. The fourth-order valence-electron chi connectivity index (χ4n) is 4.44. The van der Waals surface area contributed by atoms with Crippen LogP contribution in [0.5, 0.6) is 5.75 Å². The molecule has 0 bridgehead atoms. The van der Waals surface area contributed by atoms with Gasteiger partial charge in [-0.3, -0.25) is 19.3 Å². The number of amides is 3. The summed E-state index contributed by atoms with van der Waals surface area (Å²) in [6.07, 6.45) is 3.08. The maximum absolute atomic E-state index is 13.2. The first-order valence-electron chi connectivity index (χ1n) is 11.5. The number of hydrogen-bond acceptors (Lipinski definition) is 4. The summed E-state index contributed by atoms with van der Waals surface area (Å²) >= 11 is 0. The summed E-state index contributed by atoms with van der Waals surface area (Å²) in [7, 11) is 0. The number of para-hydroxylation sites is 1. The van der Waals surface area contributed by atoms with Crippen LogP contribution in [-0.4, -0.2) is 47.9 Å². The first-order valence-corrected chi connectivity index (χ1v) is 11.5. The van der Waals surface area contributed by atoms with E-state index in [1.807, 2.05) is 36.9 Å². The molecular weight excluding hydrogens is 418 g/mol. The lowest BCUT2D eigenvalue weighted by atomic mass is 10.0. The largest absolute Gasteiger partial charge is 0.476 e. The quantitative estimate of drug-likeness (QED) is 0.763. The molecule has 0 atom stereocenters. The fourth-order valence-corrected chi connectivity index (χ4v) is 4.44. The van der Waals surface area contributed by atoms with E-state index in [4.69, 9.17) is 4.74 Å². The van der Waals surface area contributed by atoms with Gasteiger partial charge in [-0.2, -0.15) is 0 Å². The first-order chi connectivity index (χ1) is 15.7. The van der Waals surface area contributed by atoms with Crippen molar-refractivity contribution >= 4 is 29.1 Å². The predicted molar refractivity (Wildman–Crippen MR) is 128 cm³/mol. The van der Waals surface area contributed by atoms with E-state index in [-0.39, 0.29) is 24.3 Å². The molecule has 0 aliphatic carbocycles. The van der Waals surface area contributed by atoms with Crippen LogP contribution in [0.25, 0.3) is 0 Å². The zero-order valence-electron chi connectivity index (χ0n) is 19.7. The molecule has 7 nitrogen and oxygen atoms in total. The normalized spacial score (nSPS) is 17.3. The number of carbonyl (C=O) groups excluding carboxylic acids is 3. The molecule has 33 heavy (non-hydrogen) atoms. The second kappa shape index (κ2) is 8.89. The molecule has 0 radical (unpaired) electrons. The third-order valence-electron chi connectivity index (χ3n) is 6.36. The number of nitrogens with one attached hydrogen (secondary N) is 1. The van der Waals surface area contributed by atoms with Crippen LogP contribution in [0.4, 0.5) is 11.4 Å². The second-order valence-electron chi connectivity index (χ2n) is 9.35. The van der Waals surface area contributed by atoms with Gasteiger partial charge in [0, 0.05) is 24.3 Å². The average Bonchev–Trinajstić information content (AvgIpc) is 2.79. The summed E-state index contributed by atoms with van der Waals surface area (Å²) < 4.78 is 5.93. The van der Waals surface area contributed by atoms with Gasteiger partial charge in [0.25, 0.3) is 11.8 Å². The molecule has 174 valence electrons. The lowest BCUT2D eigenvalue weighted by molar-refractivity contribution is -0.137. The molecule has 2 aliphatic rings. The van der Waals surface area contributed by atoms with Gasteiger partial charge in [0.2, 0.25) is 5.91 Å². The van der Waals surface area contributed by atoms with Crippen molar-refractivity contribution in [3.05, 3.63) is 53.1 Å². The van der Waals surface area contributed by atoms with E-state index >= 15 is 0 Å². The minimum absolute atomic E-state index is 0.0689. The van der Waals surface area contributed by atoms with Gasteiger partial charge in [0.05, 0.1) is 5.69 Å². The molecule has 0 aromatic heterocycles. The van der Waals surface area contributed by atoms with E-state index in [0.717, 1.165) is 36.1 Å². The van der Waals surface area contributed by atoms with Gasteiger partial charge in [0.15, 0.2) is 5.60 Å². The number of fused-ring (bicyclic) bond motifs is 1. The second-order valence-corrected chi connectivity index (χ2v) is 9.35. The molecule has 0 saturated carbocycles. The summed E-state index contributed by atoms with van der Waals surface area (Å²) in [5.41, 5.74) is 2.44. The molecule has 2 aromatic rings. The van der Waals surface area contributed by atoms with Gasteiger partial charge >= 0.3 is 0 Å². The topological polar surface area (TPSA) is 79.0 Å². The van der Waals surface area contributed by atoms with Gasteiger partial charge in [-0.15, -0.1) is 0 Å². The number of anilines is 2. The number of aryl methyl sites for hydroxylation is 2. The highest BCUT2D eigenvalue weighted by Crippen LogP contribution is 2.38. The molecule has 7 heteroatoms. The Bertz CT molecular complexity index is 1080. The van der Waals surface area contributed by atoms with E-state index < -0.39 is 5.60 Å². The Kier molecular flexibility index (Phi) is 6.15. The molecule has 4 rings (SSSR count). The number of benzene rings is 2. The van der Waals surface area contributed by atoms with Crippen LogP contribution in [0.1, 0.15) is 54.6 Å². The van der Waals surface area contributed by atoms with Crippen LogP contribution in [0, 0.1) is 13.8 Å². The molecule has 0 spiro atoms. The maximum atomic E-state index is 13.2. The monoisotopic (exact) mass is 449 g/mol. The van der Waals surface area contributed by atoms with E-state index in [1.165, 1.54) is 4.90 Å². The Morgan fingerprint density at radius 3 is 2.36 bits per heavy atom. The highest BCUT2D eigenvalue weighted by molar-refractivity contribution is 6.09. The van der Waals surface area contributed by atoms with Crippen LogP contribution in [-0.2, 0) is 9.59 Å². The smallest absolute Gasteiger partial charge is 0.271 e. The Morgan fingerprint density at radius 1 is 1.03 bits per heavy atom. The number of ether oxygens (including phenoxy) is 1. The van der Waals surface area contributed by atoms with Crippen LogP contribution in [0.3, 0.4) is 0 Å². The number of hydrogen-bond donors (Lipinski definition) is 1. The van der Waals surface area contributed by atoms with Crippen molar-refractivity contribution in [2.24, 2.45) is 0 Å². The minimum atomic E-state index is -1.10. The molecule has 2 aromatic carbocycles. The van der Waals surface area contributed by atoms with Crippen molar-refractivity contribution in [3.63, 3.8) is 0 Å². The van der Waals surface area contributed by atoms with Crippen molar-refractivity contribution in [2.75, 3.05) is 29.9 Å². The average molecular weight is 450 g/mol. The van der Waals surface area contributed by atoms with Crippen LogP contribution in [0.15, 0.2) is 36.4 Å². The number of likely N-dealkylation sites (tertiary alicyclic amines) is 1. The predicted octanol–water partition coefficient (Wildman–Crippen LogP) is 4.07. The number of rotatable bonds is 4. The van der Waals surface area contributed by atoms with Gasteiger partial charge in [0.1, 0.15) is 12.3 Å². The van der Waals surface area contributed by atoms with E-state index in [1.54, 1.807) is 32.0 Å². The Morgan fingerprint density at radius 2 is 1.70 bits per heavy atom. The molecule has 3 amide bonds. The maximum Gasteiger partial charge on any atom is 0.271 e. The lowest BCUT2D eigenvalue weighted by Gasteiger charge is -2.39. The van der Waals surface area contributed by atoms with Crippen molar-refractivity contribution < 1.29 is 19.1 Å². The summed E-state index contributed by atoms with van der Waals surface area (Å²) in [5.74, 6) is -0.186. The molecular formula is C26H31N3O4. The van der Waals surface area contributed by atoms with Gasteiger partial charge in [-0.25, -0.2) is 0 Å². The van der Waals surface area contributed by atoms with Crippen LogP contribution >= 0.6 is 0 Å². The summed E-state index contributed by atoms with van der Waals surface area (Å²) in [6, 6.07) is 10.8. The zero-order valence-corrected chi connectivity index (χ0v) is 19.7. The molecule has 0 unspecified atom stereocenters. The van der Waals surface area contributed by atoms with Gasteiger partial charge in [-0.1, -0.05) is 18.2 Å². The van der Waals surface area contributed by atoms with Crippen LogP contribution in [0.2, 0.25) is 0 Å². The number of carbonyl (C=O) groups is 3. The molecule has 2 heterocycles. The van der Waals surface area contributed by atoms with Crippen LogP contribution < -0.4 is 15.0 Å². The highest BCUT2D eigenvalue weighted by Gasteiger charge is 2.42. The third kappa shape index (κ3) is 4.58. The third-order valence-corrected chi connectivity index (χ3v) is 6.36. The Labute approximate surface area is 194 Å². The first kappa shape index (κ1) is 22.8. The van der Waals surface area contributed by atoms with Crippen molar-refractivity contribution in [2.45, 2.75) is 52.6 Å². The van der Waals surface area contributed by atoms with Crippen molar-refractivity contribution in [1.29, 1.82) is 0 Å². The molecule has 2 aliphatic heterocycles. The minimum Gasteiger partial charge on any atom is -0.476 e. The van der Waals surface area contributed by atoms with Crippen molar-refractivity contribution in [3.8, 4) is 5.75 Å². The Hall–Kier alpha value is -3.35. The standard InChI is InChI=1S/C26H31N3O4/c1-17-9-8-10-18(2)23(17)27-24(31)19-11-12-21-20(15-19)29(25(32)26(3,4)33-21)16-22(30)28-13-6-5-7-14-28/h8-12,15H,5-7,13-14,16H2,1-4H3,(H,27,31). The van der Waals surface area contributed by atoms with Gasteiger partial charge < -0.3 is 15.0 Å². The summed E-state index contributed by atoms with van der Waals surface area (Å²) in [6.45, 7) is 8.63. The summed E-state index contributed by atoms with van der Waals surface area (Å²) in [5, 5.41) is 2.98. The Balaban J connectivity index is 1.63. The van der Waals surface area contributed by atoms with Gasteiger partial charge in [-0.05, 0) is 76.3 Å². The summed E-state index contributed by atoms with van der Waals surface area (Å²) in [4.78, 5) is 42.5. The van der Waals surface area contributed by atoms with E-state index in [0.29, 0.717) is 30.1 Å².